The Labute approximate surface area is 103 Å². The standard InChI is InChI=1S/C11H14BrN3O/c12-10-4-9(5-14-6-10)11(15-13)8-2-1-3-16-7-8/h4-7,11,15H,1-3,13H2. The van der Waals surface area contributed by atoms with Gasteiger partial charge in [-0.05, 0) is 46.0 Å². The number of aromatic nitrogens is 1. The van der Waals surface area contributed by atoms with Crippen LogP contribution in [0.2, 0.25) is 0 Å². The molecule has 0 saturated heterocycles. The number of nitrogens with one attached hydrogen (secondary N) is 1. The smallest absolute Gasteiger partial charge is 0.0876 e. The monoisotopic (exact) mass is 283 g/mol. The molecule has 2 heterocycles. The fourth-order valence-electron chi connectivity index (χ4n) is 1.80. The van der Waals surface area contributed by atoms with Crippen LogP contribution in [0.5, 0.6) is 0 Å². The zero-order chi connectivity index (χ0) is 11.4. The van der Waals surface area contributed by atoms with E-state index in [0.29, 0.717) is 0 Å². The summed E-state index contributed by atoms with van der Waals surface area (Å²) in [7, 11) is 0. The van der Waals surface area contributed by atoms with E-state index in [-0.39, 0.29) is 6.04 Å². The van der Waals surface area contributed by atoms with E-state index in [4.69, 9.17) is 10.6 Å². The maximum absolute atomic E-state index is 5.60. The zero-order valence-electron chi connectivity index (χ0n) is 8.82. The lowest BCUT2D eigenvalue weighted by Gasteiger charge is -2.22. The molecule has 0 radical (unpaired) electrons. The zero-order valence-corrected chi connectivity index (χ0v) is 10.4. The van der Waals surface area contributed by atoms with Crippen LogP contribution in [0.1, 0.15) is 24.4 Å². The first kappa shape index (κ1) is 11.6. The summed E-state index contributed by atoms with van der Waals surface area (Å²) in [5.74, 6) is 5.60. The molecule has 0 fully saturated rings. The van der Waals surface area contributed by atoms with Crippen molar-refractivity contribution in [3.8, 4) is 0 Å². The third kappa shape index (κ3) is 2.61. The van der Waals surface area contributed by atoms with Crippen molar-refractivity contribution in [1.82, 2.24) is 10.4 Å². The Bertz CT molecular complexity index is 395. The van der Waals surface area contributed by atoms with E-state index in [1.165, 1.54) is 0 Å². The summed E-state index contributed by atoms with van der Waals surface area (Å²) in [6.45, 7) is 0.789. The maximum Gasteiger partial charge on any atom is 0.0876 e. The van der Waals surface area contributed by atoms with Gasteiger partial charge < -0.3 is 4.74 Å². The number of hydrogen-bond donors (Lipinski definition) is 2. The summed E-state index contributed by atoms with van der Waals surface area (Å²) < 4.78 is 6.27. The van der Waals surface area contributed by atoms with Crippen LogP contribution in [-0.2, 0) is 4.74 Å². The molecule has 1 aromatic rings. The molecule has 2 rings (SSSR count). The normalized spacial score (nSPS) is 17.5. The summed E-state index contributed by atoms with van der Waals surface area (Å²) >= 11 is 3.40. The van der Waals surface area contributed by atoms with Crippen LogP contribution < -0.4 is 11.3 Å². The van der Waals surface area contributed by atoms with Crippen molar-refractivity contribution in [2.24, 2.45) is 5.84 Å². The van der Waals surface area contributed by atoms with E-state index in [1.807, 2.05) is 12.3 Å². The Morgan fingerprint density at radius 3 is 3.00 bits per heavy atom. The minimum absolute atomic E-state index is 0.0229. The number of nitrogens with two attached hydrogens (primary N) is 1. The average molecular weight is 284 g/mol. The van der Waals surface area contributed by atoms with Gasteiger partial charge in [0.1, 0.15) is 0 Å². The fourth-order valence-corrected chi connectivity index (χ4v) is 2.18. The molecular weight excluding hydrogens is 270 g/mol. The van der Waals surface area contributed by atoms with Crippen molar-refractivity contribution in [2.75, 3.05) is 6.61 Å². The molecular formula is C11H14BrN3O. The van der Waals surface area contributed by atoms with Gasteiger partial charge in [-0.25, -0.2) is 5.43 Å². The molecule has 1 aliphatic rings. The van der Waals surface area contributed by atoms with E-state index in [0.717, 1.165) is 35.1 Å². The Morgan fingerprint density at radius 2 is 2.38 bits per heavy atom. The highest BCUT2D eigenvalue weighted by Gasteiger charge is 2.18. The third-order valence-electron chi connectivity index (χ3n) is 2.56. The van der Waals surface area contributed by atoms with Gasteiger partial charge in [0, 0.05) is 16.9 Å². The highest BCUT2D eigenvalue weighted by atomic mass is 79.9. The van der Waals surface area contributed by atoms with Crippen LogP contribution in [0.3, 0.4) is 0 Å². The fraction of sp³-hybridized carbons (Fsp3) is 0.364. The Morgan fingerprint density at radius 1 is 1.50 bits per heavy atom. The number of hydrazine groups is 1. The van der Waals surface area contributed by atoms with Crippen LogP contribution in [0.15, 0.2) is 34.8 Å². The molecule has 1 unspecified atom stereocenters. The van der Waals surface area contributed by atoms with Crippen molar-refractivity contribution < 1.29 is 4.74 Å². The molecule has 86 valence electrons. The first-order valence-electron chi connectivity index (χ1n) is 5.18. The second-order valence-corrected chi connectivity index (χ2v) is 4.62. The second-order valence-electron chi connectivity index (χ2n) is 3.70. The molecule has 5 heteroatoms. The summed E-state index contributed by atoms with van der Waals surface area (Å²) in [5.41, 5.74) is 5.00. The van der Waals surface area contributed by atoms with Gasteiger partial charge in [0.2, 0.25) is 0 Å². The van der Waals surface area contributed by atoms with Crippen LogP contribution >= 0.6 is 15.9 Å². The molecule has 4 nitrogen and oxygen atoms in total. The molecule has 16 heavy (non-hydrogen) atoms. The van der Waals surface area contributed by atoms with Gasteiger partial charge in [-0.1, -0.05) is 0 Å². The second kappa shape index (κ2) is 5.43. The van der Waals surface area contributed by atoms with E-state index < -0.39 is 0 Å². The highest BCUT2D eigenvalue weighted by Crippen LogP contribution is 2.27. The molecule has 1 aromatic heterocycles. The van der Waals surface area contributed by atoms with Gasteiger partial charge in [-0.2, -0.15) is 0 Å². The summed E-state index contributed by atoms with van der Waals surface area (Å²) in [6, 6.07) is 1.98. The Kier molecular flexibility index (Phi) is 3.93. The molecule has 0 spiro atoms. The van der Waals surface area contributed by atoms with Gasteiger partial charge in [0.15, 0.2) is 0 Å². The van der Waals surface area contributed by atoms with E-state index in [9.17, 15) is 0 Å². The lowest BCUT2D eigenvalue weighted by Crippen LogP contribution is -2.30. The highest BCUT2D eigenvalue weighted by molar-refractivity contribution is 9.10. The van der Waals surface area contributed by atoms with Crippen molar-refractivity contribution in [2.45, 2.75) is 18.9 Å². The van der Waals surface area contributed by atoms with Crippen LogP contribution in [0.4, 0.5) is 0 Å². The Balaban J connectivity index is 2.25. The molecule has 0 aromatic carbocycles. The summed E-state index contributed by atoms with van der Waals surface area (Å²) in [6.07, 6.45) is 7.40. The summed E-state index contributed by atoms with van der Waals surface area (Å²) in [4.78, 5) is 4.14. The maximum atomic E-state index is 5.60. The number of ether oxygens (including phenoxy) is 1. The predicted molar refractivity (Wildman–Crippen MR) is 65.3 cm³/mol. The number of rotatable bonds is 3. The molecule has 1 aliphatic heterocycles. The largest absolute Gasteiger partial charge is 0.501 e. The minimum Gasteiger partial charge on any atom is -0.501 e. The SMILES string of the molecule is NNC(C1=COCCC1)c1cncc(Br)c1. The number of halogens is 1. The first-order chi connectivity index (χ1) is 7.81. The number of nitrogens with zero attached hydrogens (tertiary/aromatic N) is 1. The van der Waals surface area contributed by atoms with Crippen molar-refractivity contribution in [3.05, 3.63) is 40.3 Å². The lowest BCUT2D eigenvalue weighted by atomic mass is 9.97. The van der Waals surface area contributed by atoms with Gasteiger partial charge in [-0.15, -0.1) is 0 Å². The number of hydrogen-bond acceptors (Lipinski definition) is 4. The topological polar surface area (TPSA) is 60.2 Å². The lowest BCUT2D eigenvalue weighted by molar-refractivity contribution is 0.219. The molecule has 3 N–H and O–H groups in total. The quantitative estimate of drug-likeness (QED) is 0.658. The first-order valence-corrected chi connectivity index (χ1v) is 5.97. The van der Waals surface area contributed by atoms with Crippen molar-refractivity contribution >= 4 is 15.9 Å². The van der Waals surface area contributed by atoms with Crippen molar-refractivity contribution in [3.63, 3.8) is 0 Å². The van der Waals surface area contributed by atoms with Gasteiger partial charge in [0.05, 0.1) is 18.9 Å². The van der Waals surface area contributed by atoms with Crippen LogP contribution in [0.25, 0.3) is 0 Å². The van der Waals surface area contributed by atoms with Gasteiger partial charge in [-0.3, -0.25) is 10.8 Å². The van der Waals surface area contributed by atoms with E-state index in [1.54, 1.807) is 12.5 Å². The molecule has 0 aliphatic carbocycles. The molecule has 1 atom stereocenters. The van der Waals surface area contributed by atoms with Gasteiger partial charge in [0.25, 0.3) is 0 Å². The van der Waals surface area contributed by atoms with Crippen molar-refractivity contribution in [1.29, 1.82) is 0 Å². The molecule has 0 saturated carbocycles. The third-order valence-corrected chi connectivity index (χ3v) is 2.99. The number of pyridine rings is 1. The molecule has 0 bridgehead atoms. The Hall–Kier alpha value is -0.910. The van der Waals surface area contributed by atoms with Crippen LogP contribution in [0, 0.1) is 0 Å². The minimum atomic E-state index is -0.0229. The average Bonchev–Trinajstić information content (AvgIpc) is 2.31. The van der Waals surface area contributed by atoms with E-state index in [2.05, 4.69) is 26.3 Å². The summed E-state index contributed by atoms with van der Waals surface area (Å²) in [5, 5.41) is 0. The molecule has 0 amide bonds. The van der Waals surface area contributed by atoms with Gasteiger partial charge >= 0.3 is 0 Å². The van der Waals surface area contributed by atoms with E-state index >= 15 is 0 Å². The van der Waals surface area contributed by atoms with Crippen LogP contribution in [-0.4, -0.2) is 11.6 Å². The predicted octanol–water partition coefficient (Wildman–Crippen LogP) is 2.04.